The van der Waals surface area contributed by atoms with Crippen molar-refractivity contribution >= 4 is 27.6 Å². The van der Waals surface area contributed by atoms with E-state index in [9.17, 15) is 18.5 Å². The van der Waals surface area contributed by atoms with E-state index in [2.05, 4.69) is 4.99 Å². The first-order chi connectivity index (χ1) is 13.9. The molecule has 0 bridgehead atoms. The van der Waals surface area contributed by atoms with Gasteiger partial charge in [0.1, 0.15) is 0 Å². The van der Waals surface area contributed by atoms with Gasteiger partial charge in [0, 0.05) is 19.3 Å². The highest BCUT2D eigenvalue weighted by molar-refractivity contribution is 7.89. The summed E-state index contributed by atoms with van der Waals surface area (Å²) in [5, 5.41) is 11.3. The Hall–Kier alpha value is -3.02. The monoisotopic (exact) mass is 419 g/mol. The molecule has 0 radical (unpaired) electrons. The number of benzene rings is 2. The first-order valence-electron chi connectivity index (χ1n) is 8.75. The van der Waals surface area contributed by atoms with E-state index in [1.165, 1.54) is 34.8 Å². The van der Waals surface area contributed by atoms with Crippen LogP contribution in [0.4, 0.5) is 11.4 Å². The average Bonchev–Trinajstić information content (AvgIpc) is 3.20. The van der Waals surface area contributed by atoms with Gasteiger partial charge in [-0.3, -0.25) is 15.1 Å². The van der Waals surface area contributed by atoms with Crippen LogP contribution < -0.4 is 9.47 Å². The van der Waals surface area contributed by atoms with Crippen molar-refractivity contribution in [3.63, 3.8) is 0 Å². The van der Waals surface area contributed by atoms with Crippen molar-refractivity contribution in [2.75, 3.05) is 33.1 Å². The lowest BCUT2D eigenvalue weighted by molar-refractivity contribution is -0.385. The summed E-state index contributed by atoms with van der Waals surface area (Å²) in [4.78, 5) is 15.2. The molecule has 10 nitrogen and oxygen atoms in total. The highest BCUT2D eigenvalue weighted by Crippen LogP contribution is 2.37. The Morgan fingerprint density at radius 3 is 2.38 bits per heavy atom. The van der Waals surface area contributed by atoms with Gasteiger partial charge in [0.2, 0.25) is 16.8 Å². The molecule has 0 saturated carbocycles. The standard InChI is InChI=1S/C18H17N3O7S/c22-21(23)16-10-18-17(27-12-28-18)9-13(16)11-19-14-1-3-15(4-2-14)29(24,25)20-5-7-26-8-6-20/h1-4,9-11H,5-8,12H2. The number of rotatable bonds is 5. The van der Waals surface area contributed by atoms with E-state index >= 15 is 0 Å². The summed E-state index contributed by atoms with van der Waals surface area (Å²) in [6.45, 7) is 1.38. The number of nitro groups is 1. The molecule has 152 valence electrons. The third kappa shape index (κ3) is 3.92. The summed E-state index contributed by atoms with van der Waals surface area (Å²) < 4.78 is 42.3. The Kier molecular flexibility index (Phi) is 5.18. The van der Waals surface area contributed by atoms with Gasteiger partial charge in [-0.25, -0.2) is 8.42 Å². The lowest BCUT2D eigenvalue weighted by Gasteiger charge is -2.26. The van der Waals surface area contributed by atoms with E-state index in [4.69, 9.17) is 14.2 Å². The van der Waals surface area contributed by atoms with Gasteiger partial charge in [-0.1, -0.05) is 0 Å². The van der Waals surface area contributed by atoms with Gasteiger partial charge in [0.15, 0.2) is 11.5 Å². The number of morpholine rings is 1. The van der Waals surface area contributed by atoms with Crippen molar-refractivity contribution < 1.29 is 27.6 Å². The van der Waals surface area contributed by atoms with Gasteiger partial charge < -0.3 is 14.2 Å². The van der Waals surface area contributed by atoms with E-state index < -0.39 is 14.9 Å². The normalized spacial score (nSPS) is 17.0. The van der Waals surface area contributed by atoms with E-state index in [-0.39, 0.29) is 22.9 Å². The molecule has 0 atom stereocenters. The van der Waals surface area contributed by atoms with Crippen molar-refractivity contribution in [2.45, 2.75) is 4.90 Å². The second kappa shape index (κ2) is 7.78. The Bertz CT molecular complexity index is 1060. The van der Waals surface area contributed by atoms with Crippen LogP contribution in [-0.2, 0) is 14.8 Å². The molecular weight excluding hydrogens is 402 g/mol. The van der Waals surface area contributed by atoms with Crippen LogP contribution in [0.3, 0.4) is 0 Å². The van der Waals surface area contributed by atoms with Crippen molar-refractivity contribution in [3.05, 3.63) is 52.1 Å². The predicted molar refractivity (Wildman–Crippen MR) is 102 cm³/mol. The second-order valence-electron chi connectivity index (χ2n) is 6.29. The number of nitro benzene ring substituents is 1. The molecule has 2 aliphatic rings. The molecular formula is C18H17N3O7S. The zero-order valence-electron chi connectivity index (χ0n) is 15.2. The number of aliphatic imine (C=N–C) groups is 1. The number of hydrogen-bond acceptors (Lipinski definition) is 8. The maximum atomic E-state index is 12.6. The fourth-order valence-electron chi connectivity index (χ4n) is 2.99. The van der Waals surface area contributed by atoms with Gasteiger partial charge in [-0.15, -0.1) is 0 Å². The Labute approximate surface area is 166 Å². The molecule has 0 unspecified atom stereocenters. The number of hydrogen-bond donors (Lipinski definition) is 0. The predicted octanol–water partition coefficient (Wildman–Crippen LogP) is 2.09. The quantitative estimate of drug-likeness (QED) is 0.413. The van der Waals surface area contributed by atoms with E-state index in [1.54, 1.807) is 12.1 Å². The average molecular weight is 419 g/mol. The SMILES string of the molecule is O=[N+]([O-])c1cc2c(cc1C=Nc1ccc(S(=O)(=O)N3CCOCC3)cc1)OCO2. The number of ether oxygens (including phenoxy) is 3. The van der Waals surface area contributed by atoms with Gasteiger partial charge >= 0.3 is 0 Å². The molecule has 2 heterocycles. The molecule has 0 N–H and O–H groups in total. The van der Waals surface area contributed by atoms with Crippen molar-refractivity contribution in [2.24, 2.45) is 4.99 Å². The van der Waals surface area contributed by atoms with Gasteiger partial charge in [-0.2, -0.15) is 4.31 Å². The van der Waals surface area contributed by atoms with Crippen molar-refractivity contribution in [1.82, 2.24) is 4.31 Å². The highest BCUT2D eigenvalue weighted by Gasteiger charge is 2.26. The van der Waals surface area contributed by atoms with Gasteiger partial charge in [0.05, 0.1) is 40.3 Å². The lowest BCUT2D eigenvalue weighted by atomic mass is 10.1. The summed E-state index contributed by atoms with van der Waals surface area (Å²) in [6, 6.07) is 8.80. The molecule has 2 aromatic rings. The number of sulfonamides is 1. The zero-order chi connectivity index (χ0) is 20.4. The van der Waals surface area contributed by atoms with Crippen LogP contribution in [0.25, 0.3) is 0 Å². The molecule has 0 aromatic heterocycles. The van der Waals surface area contributed by atoms with E-state index in [0.717, 1.165) is 0 Å². The molecule has 4 rings (SSSR count). The zero-order valence-corrected chi connectivity index (χ0v) is 16.0. The van der Waals surface area contributed by atoms with Crippen molar-refractivity contribution in [1.29, 1.82) is 0 Å². The molecule has 0 amide bonds. The van der Waals surface area contributed by atoms with Crippen molar-refractivity contribution in [3.8, 4) is 11.5 Å². The maximum absolute atomic E-state index is 12.6. The second-order valence-corrected chi connectivity index (χ2v) is 8.23. The van der Waals surface area contributed by atoms with Crippen LogP contribution in [0.2, 0.25) is 0 Å². The van der Waals surface area contributed by atoms with E-state index in [1.807, 2.05) is 0 Å². The number of nitrogens with zero attached hydrogens (tertiary/aromatic N) is 3. The summed E-state index contributed by atoms with van der Waals surface area (Å²) in [7, 11) is -3.59. The third-order valence-corrected chi connectivity index (χ3v) is 6.43. The van der Waals surface area contributed by atoms with Crippen LogP contribution >= 0.6 is 0 Å². The van der Waals surface area contributed by atoms with Gasteiger partial charge in [-0.05, 0) is 30.3 Å². The first-order valence-corrected chi connectivity index (χ1v) is 10.2. The Morgan fingerprint density at radius 1 is 1.07 bits per heavy atom. The van der Waals surface area contributed by atoms with Crippen LogP contribution in [-0.4, -0.2) is 57.0 Å². The molecule has 2 aromatic carbocycles. The minimum atomic E-state index is -3.59. The summed E-state index contributed by atoms with van der Waals surface area (Å²) >= 11 is 0. The fraction of sp³-hybridized carbons (Fsp3) is 0.278. The molecule has 2 aliphatic heterocycles. The fourth-order valence-corrected chi connectivity index (χ4v) is 4.40. The minimum Gasteiger partial charge on any atom is -0.454 e. The van der Waals surface area contributed by atoms with Crippen LogP contribution in [0.1, 0.15) is 5.56 Å². The van der Waals surface area contributed by atoms with Gasteiger partial charge in [0.25, 0.3) is 5.69 Å². The molecule has 0 aliphatic carbocycles. The molecule has 11 heteroatoms. The van der Waals surface area contributed by atoms with E-state index in [0.29, 0.717) is 43.5 Å². The maximum Gasteiger partial charge on any atom is 0.282 e. The third-order valence-electron chi connectivity index (χ3n) is 4.52. The Balaban J connectivity index is 1.56. The number of fused-ring (bicyclic) bond motifs is 1. The summed E-state index contributed by atoms with van der Waals surface area (Å²) in [5.41, 5.74) is 0.548. The Morgan fingerprint density at radius 2 is 1.72 bits per heavy atom. The lowest BCUT2D eigenvalue weighted by Crippen LogP contribution is -2.40. The van der Waals surface area contributed by atoms with Crippen LogP contribution in [0.5, 0.6) is 11.5 Å². The molecule has 1 fully saturated rings. The smallest absolute Gasteiger partial charge is 0.282 e. The highest BCUT2D eigenvalue weighted by atomic mass is 32.2. The molecule has 29 heavy (non-hydrogen) atoms. The van der Waals surface area contributed by atoms with Crippen LogP contribution in [0.15, 0.2) is 46.3 Å². The molecule has 0 spiro atoms. The first kappa shape index (κ1) is 19.3. The summed E-state index contributed by atoms with van der Waals surface area (Å²) in [6.07, 6.45) is 1.34. The minimum absolute atomic E-state index is 0.00611. The summed E-state index contributed by atoms with van der Waals surface area (Å²) in [5.74, 6) is 0.718. The van der Waals surface area contributed by atoms with Crippen LogP contribution in [0, 0.1) is 10.1 Å². The largest absolute Gasteiger partial charge is 0.454 e. The molecule has 1 saturated heterocycles. The topological polar surface area (TPSA) is 121 Å².